The van der Waals surface area contributed by atoms with Crippen LogP contribution in [0.2, 0.25) is 0 Å². The first-order chi connectivity index (χ1) is 5.55. The van der Waals surface area contributed by atoms with Gasteiger partial charge in [-0.15, -0.1) is 0 Å². The smallest absolute Gasteiger partial charge is 0.392 e. The lowest BCUT2D eigenvalue weighted by atomic mass is 9.86. The van der Waals surface area contributed by atoms with Crippen molar-refractivity contribution in [2.45, 2.75) is 12.6 Å². The largest absolute Gasteiger partial charge is 0.396 e. The molecule has 2 N–H and O–H groups in total. The Morgan fingerprint density at radius 3 is 2.50 bits per heavy atom. The van der Waals surface area contributed by atoms with Crippen molar-refractivity contribution in [2.75, 3.05) is 19.7 Å². The molecule has 72 valence electrons. The molecule has 2 nitrogen and oxygen atoms in total. The highest BCUT2D eigenvalue weighted by molar-refractivity contribution is 4.82. The van der Waals surface area contributed by atoms with Gasteiger partial charge in [-0.2, -0.15) is 13.2 Å². The van der Waals surface area contributed by atoms with Crippen molar-refractivity contribution in [1.29, 1.82) is 0 Å². The molecular weight excluding hydrogens is 171 g/mol. The molecule has 1 heterocycles. The lowest BCUT2D eigenvalue weighted by Gasteiger charge is -2.32. The summed E-state index contributed by atoms with van der Waals surface area (Å²) in [6.07, 6.45) is -4.08. The van der Waals surface area contributed by atoms with Crippen LogP contribution in [-0.4, -0.2) is 31.0 Å². The fourth-order valence-corrected chi connectivity index (χ4v) is 1.55. The van der Waals surface area contributed by atoms with Crippen LogP contribution in [0.1, 0.15) is 6.42 Å². The summed E-state index contributed by atoms with van der Waals surface area (Å²) in [5, 5.41) is 11.5. The molecule has 0 unspecified atom stereocenters. The molecule has 12 heavy (non-hydrogen) atoms. The van der Waals surface area contributed by atoms with E-state index in [9.17, 15) is 13.2 Å². The zero-order valence-corrected chi connectivity index (χ0v) is 6.56. The predicted molar refractivity (Wildman–Crippen MR) is 37.6 cm³/mol. The van der Waals surface area contributed by atoms with E-state index >= 15 is 0 Å². The minimum atomic E-state index is -4.16. The van der Waals surface area contributed by atoms with Crippen molar-refractivity contribution in [3.63, 3.8) is 0 Å². The van der Waals surface area contributed by atoms with E-state index in [0.717, 1.165) is 0 Å². The van der Waals surface area contributed by atoms with Crippen molar-refractivity contribution in [3.05, 3.63) is 0 Å². The molecule has 2 atom stereocenters. The van der Waals surface area contributed by atoms with Crippen LogP contribution in [0, 0.1) is 11.8 Å². The molecule has 0 saturated carbocycles. The summed E-state index contributed by atoms with van der Waals surface area (Å²) in [4.78, 5) is 0. The molecule has 0 aromatic rings. The maximum atomic E-state index is 12.2. The Hall–Kier alpha value is -0.290. The number of hydrogen-bond acceptors (Lipinski definition) is 2. The topological polar surface area (TPSA) is 32.3 Å². The molecule has 0 amide bonds. The van der Waals surface area contributed by atoms with Gasteiger partial charge in [0.1, 0.15) is 0 Å². The third kappa shape index (κ3) is 2.10. The van der Waals surface area contributed by atoms with Gasteiger partial charge in [0.2, 0.25) is 0 Å². The highest BCUT2D eigenvalue weighted by Crippen LogP contribution is 2.35. The number of nitrogens with one attached hydrogen (secondary N) is 1. The Morgan fingerprint density at radius 2 is 2.08 bits per heavy atom. The van der Waals surface area contributed by atoms with E-state index in [4.69, 9.17) is 5.11 Å². The lowest BCUT2D eigenvalue weighted by molar-refractivity contribution is -0.197. The zero-order valence-electron chi connectivity index (χ0n) is 6.56. The molecule has 1 fully saturated rings. The molecule has 0 aliphatic carbocycles. The second kappa shape index (κ2) is 3.62. The number of aliphatic hydroxyl groups excluding tert-OH is 1. The van der Waals surface area contributed by atoms with E-state index < -0.39 is 24.6 Å². The van der Waals surface area contributed by atoms with E-state index in [0.29, 0.717) is 6.54 Å². The highest BCUT2D eigenvalue weighted by Gasteiger charge is 2.44. The van der Waals surface area contributed by atoms with Crippen LogP contribution >= 0.6 is 0 Å². The van der Waals surface area contributed by atoms with Crippen molar-refractivity contribution in [2.24, 2.45) is 11.8 Å². The van der Waals surface area contributed by atoms with E-state index in [1.807, 2.05) is 0 Å². The van der Waals surface area contributed by atoms with Crippen LogP contribution in [0.5, 0.6) is 0 Å². The molecule has 1 aliphatic heterocycles. The van der Waals surface area contributed by atoms with Gasteiger partial charge in [-0.25, -0.2) is 0 Å². The highest BCUT2D eigenvalue weighted by atomic mass is 19.4. The molecule has 0 aromatic heterocycles. The quantitative estimate of drug-likeness (QED) is 0.629. The minimum absolute atomic E-state index is 0.0781. The van der Waals surface area contributed by atoms with Gasteiger partial charge in [-0.1, -0.05) is 0 Å². The van der Waals surface area contributed by atoms with Gasteiger partial charge in [0.05, 0.1) is 5.92 Å². The fourth-order valence-electron chi connectivity index (χ4n) is 1.55. The predicted octanol–water partition coefficient (Wildman–Crippen LogP) is 0.767. The molecule has 1 saturated heterocycles. The molecule has 1 rings (SSSR count). The maximum absolute atomic E-state index is 12.2. The lowest BCUT2D eigenvalue weighted by Crippen LogP contribution is -2.44. The van der Waals surface area contributed by atoms with Gasteiger partial charge in [0.15, 0.2) is 0 Å². The van der Waals surface area contributed by atoms with Gasteiger partial charge in [0, 0.05) is 19.1 Å². The van der Waals surface area contributed by atoms with Gasteiger partial charge in [-0.05, 0) is 13.0 Å². The third-order valence-corrected chi connectivity index (χ3v) is 2.26. The van der Waals surface area contributed by atoms with Crippen LogP contribution in [0.4, 0.5) is 13.2 Å². The summed E-state index contributed by atoms with van der Waals surface area (Å²) in [6.45, 7) is 0.262. The first-order valence-corrected chi connectivity index (χ1v) is 3.94. The average molecular weight is 183 g/mol. The van der Waals surface area contributed by atoms with Gasteiger partial charge >= 0.3 is 6.18 Å². The number of alkyl halides is 3. The van der Waals surface area contributed by atoms with E-state index in [1.165, 1.54) is 0 Å². The third-order valence-electron chi connectivity index (χ3n) is 2.26. The van der Waals surface area contributed by atoms with Crippen LogP contribution in [0.3, 0.4) is 0 Å². The summed E-state index contributed by atoms with van der Waals surface area (Å²) in [5.74, 6) is -2.00. The van der Waals surface area contributed by atoms with Crippen molar-refractivity contribution in [3.8, 4) is 0 Å². The standard InChI is InChI=1S/C7H12F3NO/c8-7(9,10)6-1-2-11-3-5(6)4-12/h5-6,11-12H,1-4H2/t5-,6+/m1/s1. The maximum Gasteiger partial charge on any atom is 0.392 e. The molecule has 5 heteroatoms. The van der Waals surface area contributed by atoms with Gasteiger partial charge < -0.3 is 10.4 Å². The number of hydrogen-bond donors (Lipinski definition) is 2. The molecule has 1 aliphatic rings. The second-order valence-electron chi connectivity index (χ2n) is 3.08. The second-order valence-corrected chi connectivity index (χ2v) is 3.08. The summed E-state index contributed by atoms with van der Waals surface area (Å²) < 4.78 is 36.7. The summed E-state index contributed by atoms with van der Waals surface area (Å²) >= 11 is 0. The number of halogens is 3. The number of rotatable bonds is 1. The molecular formula is C7H12F3NO. The van der Waals surface area contributed by atoms with Gasteiger partial charge in [0.25, 0.3) is 0 Å². The molecule has 0 bridgehead atoms. The Balaban J connectivity index is 2.59. The molecule has 0 radical (unpaired) electrons. The Bertz CT molecular complexity index is 148. The SMILES string of the molecule is OC[C@H]1CNCC[C@@H]1C(F)(F)F. The average Bonchev–Trinajstić information content (AvgIpc) is 2.03. The summed E-state index contributed by atoms with van der Waals surface area (Å²) in [6, 6.07) is 0. The van der Waals surface area contributed by atoms with Crippen molar-refractivity contribution in [1.82, 2.24) is 5.32 Å². The Labute approximate surface area is 68.8 Å². The monoisotopic (exact) mass is 183 g/mol. The zero-order chi connectivity index (χ0) is 9.19. The first-order valence-electron chi connectivity index (χ1n) is 3.94. The first kappa shape index (κ1) is 9.80. The van der Waals surface area contributed by atoms with Crippen LogP contribution in [0.15, 0.2) is 0 Å². The van der Waals surface area contributed by atoms with Crippen LogP contribution in [-0.2, 0) is 0 Å². The van der Waals surface area contributed by atoms with Crippen molar-refractivity contribution < 1.29 is 18.3 Å². The Kier molecular flexibility index (Phi) is 2.95. The van der Waals surface area contributed by atoms with E-state index in [2.05, 4.69) is 5.32 Å². The van der Waals surface area contributed by atoms with Crippen molar-refractivity contribution >= 4 is 0 Å². The fraction of sp³-hybridized carbons (Fsp3) is 1.00. The Morgan fingerprint density at radius 1 is 1.42 bits per heavy atom. The molecule has 0 spiro atoms. The summed E-state index contributed by atoms with van der Waals surface area (Å²) in [7, 11) is 0. The van der Waals surface area contributed by atoms with E-state index in [-0.39, 0.29) is 13.0 Å². The normalized spacial score (nSPS) is 32.0. The minimum Gasteiger partial charge on any atom is -0.396 e. The van der Waals surface area contributed by atoms with E-state index in [1.54, 1.807) is 0 Å². The number of aliphatic hydroxyl groups is 1. The molecule has 0 aromatic carbocycles. The summed E-state index contributed by atoms with van der Waals surface area (Å²) in [5.41, 5.74) is 0. The number of piperidine rings is 1. The van der Waals surface area contributed by atoms with Crippen LogP contribution in [0.25, 0.3) is 0 Å². The van der Waals surface area contributed by atoms with Gasteiger partial charge in [-0.3, -0.25) is 0 Å². The van der Waals surface area contributed by atoms with Crippen LogP contribution < -0.4 is 5.32 Å².